The number of pyridine rings is 1. The molecule has 0 aliphatic carbocycles. The molecule has 1 aromatic heterocycles. The summed E-state index contributed by atoms with van der Waals surface area (Å²) in [6, 6.07) is 14.6. The Balaban J connectivity index is 1.84. The van der Waals surface area contributed by atoms with Crippen molar-refractivity contribution in [3.05, 3.63) is 76.0 Å². The zero-order chi connectivity index (χ0) is 17.9. The molecule has 5 heteroatoms. The van der Waals surface area contributed by atoms with Crippen molar-refractivity contribution in [3.63, 3.8) is 0 Å². The number of halogens is 2. The minimum atomic E-state index is 0.0821. The van der Waals surface area contributed by atoms with Crippen molar-refractivity contribution in [2.45, 2.75) is 12.5 Å². The fourth-order valence-corrected chi connectivity index (χ4v) is 4.13. The maximum Gasteiger partial charge on any atom is 0.0643 e. The fraction of sp³-hybridized carbons (Fsp3) is 0.286. The molecule has 1 atom stereocenters. The van der Waals surface area contributed by atoms with Gasteiger partial charge in [-0.05, 0) is 47.7 Å². The summed E-state index contributed by atoms with van der Waals surface area (Å²) in [4.78, 5) is 6.72. The first-order valence-electron chi connectivity index (χ1n) is 8.96. The standard InChI is InChI=1S/C21H21Cl2N3/c22-19-4-1-3-18(20(19)23)21(26-11-2-8-24-10-12-26)16-5-6-17-14-25-9-7-15(17)13-16/h1,3-7,9,13-14,21,24H,2,8,10-12H2. The lowest BCUT2D eigenvalue weighted by Gasteiger charge is -2.32. The molecule has 1 N–H and O–H groups in total. The van der Waals surface area contributed by atoms with Gasteiger partial charge in [0.15, 0.2) is 0 Å². The van der Waals surface area contributed by atoms with Gasteiger partial charge in [0.1, 0.15) is 0 Å². The van der Waals surface area contributed by atoms with Crippen LogP contribution in [-0.2, 0) is 0 Å². The normalized spacial score (nSPS) is 17.2. The number of rotatable bonds is 3. The Morgan fingerprint density at radius 3 is 2.85 bits per heavy atom. The van der Waals surface area contributed by atoms with Crippen LogP contribution in [-0.4, -0.2) is 36.1 Å². The first-order chi connectivity index (χ1) is 12.7. The molecule has 26 heavy (non-hydrogen) atoms. The van der Waals surface area contributed by atoms with E-state index in [0.29, 0.717) is 10.0 Å². The molecule has 134 valence electrons. The molecule has 1 unspecified atom stereocenters. The van der Waals surface area contributed by atoms with Crippen LogP contribution in [0.1, 0.15) is 23.6 Å². The molecule has 1 aliphatic rings. The van der Waals surface area contributed by atoms with Gasteiger partial charge < -0.3 is 5.32 Å². The predicted octanol–water partition coefficient (Wildman–Crippen LogP) is 4.93. The summed E-state index contributed by atoms with van der Waals surface area (Å²) in [6.45, 7) is 4.03. The summed E-state index contributed by atoms with van der Waals surface area (Å²) in [6.07, 6.45) is 4.85. The van der Waals surface area contributed by atoms with Gasteiger partial charge in [-0.25, -0.2) is 0 Å². The van der Waals surface area contributed by atoms with E-state index >= 15 is 0 Å². The second-order valence-electron chi connectivity index (χ2n) is 6.67. The molecule has 0 radical (unpaired) electrons. The molecule has 1 saturated heterocycles. The largest absolute Gasteiger partial charge is 0.315 e. The zero-order valence-corrected chi connectivity index (χ0v) is 16.0. The second-order valence-corrected chi connectivity index (χ2v) is 7.45. The van der Waals surface area contributed by atoms with Gasteiger partial charge >= 0.3 is 0 Å². The van der Waals surface area contributed by atoms with Crippen LogP contribution in [0.25, 0.3) is 10.8 Å². The van der Waals surface area contributed by atoms with E-state index in [0.717, 1.165) is 43.5 Å². The van der Waals surface area contributed by atoms with E-state index in [2.05, 4.69) is 45.5 Å². The minimum Gasteiger partial charge on any atom is -0.315 e. The molecule has 3 nitrogen and oxygen atoms in total. The number of nitrogens with one attached hydrogen (secondary N) is 1. The molecule has 2 aromatic carbocycles. The maximum absolute atomic E-state index is 6.63. The zero-order valence-electron chi connectivity index (χ0n) is 14.5. The van der Waals surface area contributed by atoms with Crippen LogP contribution in [0.2, 0.25) is 10.0 Å². The Bertz CT molecular complexity index is 905. The van der Waals surface area contributed by atoms with Gasteiger partial charge in [-0.15, -0.1) is 0 Å². The van der Waals surface area contributed by atoms with Crippen LogP contribution in [0.4, 0.5) is 0 Å². The highest BCUT2D eigenvalue weighted by Gasteiger charge is 2.26. The van der Waals surface area contributed by atoms with Gasteiger partial charge in [-0.3, -0.25) is 9.88 Å². The Morgan fingerprint density at radius 2 is 1.92 bits per heavy atom. The minimum absolute atomic E-state index is 0.0821. The third kappa shape index (κ3) is 3.58. The van der Waals surface area contributed by atoms with Crippen LogP contribution < -0.4 is 5.32 Å². The molecular weight excluding hydrogens is 365 g/mol. The number of benzene rings is 2. The van der Waals surface area contributed by atoms with E-state index in [1.807, 2.05) is 24.5 Å². The molecule has 2 heterocycles. The van der Waals surface area contributed by atoms with E-state index < -0.39 is 0 Å². The average molecular weight is 386 g/mol. The molecule has 0 saturated carbocycles. The monoisotopic (exact) mass is 385 g/mol. The summed E-state index contributed by atoms with van der Waals surface area (Å²) in [7, 11) is 0. The molecule has 0 spiro atoms. The Hall–Kier alpha value is -1.65. The van der Waals surface area contributed by atoms with Crippen molar-refractivity contribution >= 4 is 34.0 Å². The van der Waals surface area contributed by atoms with Gasteiger partial charge in [-0.2, -0.15) is 0 Å². The molecule has 1 aliphatic heterocycles. The lowest BCUT2D eigenvalue weighted by molar-refractivity contribution is 0.241. The number of fused-ring (bicyclic) bond motifs is 1. The number of hydrogen-bond acceptors (Lipinski definition) is 3. The fourth-order valence-electron chi connectivity index (χ4n) is 3.72. The second kappa shape index (κ2) is 7.93. The first kappa shape index (κ1) is 17.7. The van der Waals surface area contributed by atoms with Gasteiger partial charge in [0.05, 0.1) is 16.1 Å². The molecular formula is C21H21Cl2N3. The molecule has 4 rings (SSSR count). The van der Waals surface area contributed by atoms with Gasteiger partial charge in [-0.1, -0.05) is 47.5 Å². The first-order valence-corrected chi connectivity index (χ1v) is 9.72. The van der Waals surface area contributed by atoms with E-state index in [9.17, 15) is 0 Å². The summed E-state index contributed by atoms with van der Waals surface area (Å²) >= 11 is 13.0. The highest BCUT2D eigenvalue weighted by Crippen LogP contribution is 2.37. The molecule has 0 bridgehead atoms. The topological polar surface area (TPSA) is 28.2 Å². The van der Waals surface area contributed by atoms with Crippen LogP contribution in [0.3, 0.4) is 0 Å². The summed E-state index contributed by atoms with van der Waals surface area (Å²) in [5.41, 5.74) is 2.30. The molecule has 1 fully saturated rings. The van der Waals surface area contributed by atoms with Crippen molar-refractivity contribution in [2.75, 3.05) is 26.2 Å². The third-order valence-electron chi connectivity index (χ3n) is 5.00. The lowest BCUT2D eigenvalue weighted by atomic mass is 9.95. The summed E-state index contributed by atoms with van der Waals surface area (Å²) in [5, 5.41) is 7.06. The van der Waals surface area contributed by atoms with Crippen LogP contribution >= 0.6 is 23.2 Å². The maximum atomic E-state index is 6.63. The van der Waals surface area contributed by atoms with E-state index in [1.165, 1.54) is 10.9 Å². The van der Waals surface area contributed by atoms with Crippen molar-refractivity contribution in [1.82, 2.24) is 15.2 Å². The van der Waals surface area contributed by atoms with Crippen LogP contribution in [0, 0.1) is 0 Å². The van der Waals surface area contributed by atoms with Gasteiger partial charge in [0, 0.05) is 37.4 Å². The highest BCUT2D eigenvalue weighted by molar-refractivity contribution is 6.42. The van der Waals surface area contributed by atoms with E-state index in [4.69, 9.17) is 23.2 Å². The Kier molecular flexibility index (Phi) is 5.41. The lowest BCUT2D eigenvalue weighted by Crippen LogP contribution is -2.33. The van der Waals surface area contributed by atoms with Crippen molar-refractivity contribution in [2.24, 2.45) is 0 Å². The SMILES string of the molecule is Clc1cccc(C(c2ccc3cnccc3c2)N2CCCNCC2)c1Cl. The van der Waals surface area contributed by atoms with Crippen LogP contribution in [0.5, 0.6) is 0 Å². The number of hydrogen-bond donors (Lipinski definition) is 1. The van der Waals surface area contributed by atoms with Crippen molar-refractivity contribution in [1.29, 1.82) is 0 Å². The van der Waals surface area contributed by atoms with E-state index in [1.54, 1.807) is 0 Å². The average Bonchev–Trinajstić information content (AvgIpc) is 2.95. The van der Waals surface area contributed by atoms with Crippen molar-refractivity contribution < 1.29 is 0 Å². The van der Waals surface area contributed by atoms with E-state index in [-0.39, 0.29) is 6.04 Å². The number of nitrogens with zero attached hydrogens (tertiary/aromatic N) is 2. The molecule has 0 amide bonds. The van der Waals surface area contributed by atoms with Crippen molar-refractivity contribution in [3.8, 4) is 0 Å². The quantitative estimate of drug-likeness (QED) is 0.692. The Morgan fingerprint density at radius 1 is 1.00 bits per heavy atom. The number of aromatic nitrogens is 1. The smallest absolute Gasteiger partial charge is 0.0643 e. The van der Waals surface area contributed by atoms with Gasteiger partial charge in [0.2, 0.25) is 0 Å². The predicted molar refractivity (Wildman–Crippen MR) is 109 cm³/mol. The third-order valence-corrected chi connectivity index (χ3v) is 5.83. The summed E-state index contributed by atoms with van der Waals surface area (Å²) in [5.74, 6) is 0. The van der Waals surface area contributed by atoms with Gasteiger partial charge in [0.25, 0.3) is 0 Å². The van der Waals surface area contributed by atoms with Crippen LogP contribution in [0.15, 0.2) is 54.9 Å². The summed E-state index contributed by atoms with van der Waals surface area (Å²) < 4.78 is 0. The highest BCUT2D eigenvalue weighted by atomic mass is 35.5. The molecule has 3 aromatic rings. The Labute approximate surface area is 163 Å².